The summed E-state index contributed by atoms with van der Waals surface area (Å²) < 4.78 is 37.9. The maximum atomic E-state index is 12.8. The molecule has 168 valence electrons. The maximum Gasteiger partial charge on any atom is 0.241 e. The molecule has 1 aliphatic heterocycles. The Hall–Kier alpha value is -2.40. The Morgan fingerprint density at radius 2 is 1.97 bits per heavy atom. The number of nitrogens with zero attached hydrogens (tertiary/aromatic N) is 1. The molecule has 1 atom stereocenters. The number of rotatable bonds is 10. The van der Waals surface area contributed by atoms with Crippen LogP contribution in [0.15, 0.2) is 52.0 Å². The number of nitrogens with one attached hydrogen (secondary N) is 2. The zero-order valence-corrected chi connectivity index (χ0v) is 18.3. The van der Waals surface area contributed by atoms with Crippen LogP contribution < -0.4 is 10.0 Å². The largest absolute Gasteiger partial charge is 0.467 e. The number of furan rings is 1. The van der Waals surface area contributed by atoms with Crippen molar-refractivity contribution in [2.75, 3.05) is 26.2 Å². The first-order valence-corrected chi connectivity index (χ1v) is 11.6. The summed E-state index contributed by atoms with van der Waals surface area (Å²) in [4.78, 5) is 26.4. The van der Waals surface area contributed by atoms with Gasteiger partial charge in [0.2, 0.25) is 21.8 Å². The minimum atomic E-state index is -3.90. The normalized spacial score (nSPS) is 16.2. The van der Waals surface area contributed by atoms with Gasteiger partial charge in [0.25, 0.3) is 0 Å². The summed E-state index contributed by atoms with van der Waals surface area (Å²) in [6, 6.07) is 9.03. The van der Waals surface area contributed by atoms with E-state index in [0.717, 1.165) is 12.8 Å². The number of ether oxygens (including phenoxy) is 1. The van der Waals surface area contributed by atoms with E-state index in [4.69, 9.17) is 20.8 Å². The first-order valence-electron chi connectivity index (χ1n) is 9.77. The second kappa shape index (κ2) is 10.8. The number of hydrogen-bond acceptors (Lipinski definition) is 6. The monoisotopic (exact) mass is 469 g/mol. The fourth-order valence-corrected chi connectivity index (χ4v) is 4.18. The van der Waals surface area contributed by atoms with Crippen molar-refractivity contribution < 1.29 is 27.2 Å². The van der Waals surface area contributed by atoms with Gasteiger partial charge < -0.3 is 19.4 Å². The average molecular weight is 470 g/mol. The van der Waals surface area contributed by atoms with Gasteiger partial charge in [-0.1, -0.05) is 11.6 Å². The van der Waals surface area contributed by atoms with E-state index in [1.54, 1.807) is 12.1 Å². The second-order valence-electron chi connectivity index (χ2n) is 7.04. The van der Waals surface area contributed by atoms with Gasteiger partial charge in [0, 0.05) is 18.2 Å². The van der Waals surface area contributed by atoms with Crippen LogP contribution >= 0.6 is 11.6 Å². The van der Waals surface area contributed by atoms with Gasteiger partial charge >= 0.3 is 0 Å². The highest BCUT2D eigenvalue weighted by Gasteiger charge is 2.25. The highest BCUT2D eigenvalue weighted by molar-refractivity contribution is 7.89. The van der Waals surface area contributed by atoms with Gasteiger partial charge in [-0.3, -0.25) is 9.59 Å². The average Bonchev–Trinajstić information content (AvgIpc) is 3.44. The zero-order valence-electron chi connectivity index (χ0n) is 16.8. The molecule has 1 aliphatic rings. The topological polar surface area (TPSA) is 118 Å². The smallest absolute Gasteiger partial charge is 0.241 e. The molecule has 2 heterocycles. The van der Waals surface area contributed by atoms with Crippen molar-refractivity contribution in [3.05, 3.63) is 53.4 Å². The second-order valence-corrected chi connectivity index (χ2v) is 9.25. The molecule has 0 saturated carbocycles. The predicted molar refractivity (Wildman–Crippen MR) is 113 cm³/mol. The molecule has 2 amide bonds. The van der Waals surface area contributed by atoms with E-state index >= 15 is 0 Å². The van der Waals surface area contributed by atoms with Crippen LogP contribution in [0.4, 0.5) is 0 Å². The Labute approximate surface area is 185 Å². The number of carbonyl (C=O) groups excluding carboxylic acids is 2. The molecule has 2 N–H and O–H groups in total. The van der Waals surface area contributed by atoms with Gasteiger partial charge in [-0.15, -0.1) is 0 Å². The Bertz CT molecular complexity index is 973. The van der Waals surface area contributed by atoms with E-state index in [9.17, 15) is 18.0 Å². The van der Waals surface area contributed by atoms with Crippen LogP contribution in [-0.4, -0.2) is 57.5 Å². The Morgan fingerprint density at radius 3 is 2.61 bits per heavy atom. The molecule has 0 unspecified atom stereocenters. The summed E-state index contributed by atoms with van der Waals surface area (Å²) in [5, 5.41) is 3.08. The van der Waals surface area contributed by atoms with Gasteiger partial charge in [0.05, 0.1) is 36.9 Å². The number of halogens is 1. The molecule has 1 aromatic heterocycles. The van der Waals surface area contributed by atoms with Crippen LogP contribution in [0, 0.1) is 0 Å². The Balaban J connectivity index is 1.59. The van der Waals surface area contributed by atoms with Gasteiger partial charge in [-0.05, 0) is 49.2 Å². The minimum Gasteiger partial charge on any atom is -0.467 e. The maximum absolute atomic E-state index is 12.8. The van der Waals surface area contributed by atoms with E-state index < -0.39 is 22.5 Å². The molecule has 9 nitrogen and oxygen atoms in total. The molecule has 31 heavy (non-hydrogen) atoms. The molecule has 3 rings (SSSR count). The molecule has 0 bridgehead atoms. The molecule has 11 heteroatoms. The zero-order chi connectivity index (χ0) is 22.3. The summed E-state index contributed by atoms with van der Waals surface area (Å²) >= 11 is 5.79. The fourth-order valence-electron chi connectivity index (χ4n) is 3.08. The lowest BCUT2D eigenvalue weighted by Crippen LogP contribution is -2.47. The molecule has 1 saturated heterocycles. The van der Waals surface area contributed by atoms with E-state index in [0.29, 0.717) is 17.4 Å². The van der Waals surface area contributed by atoms with Crippen molar-refractivity contribution in [1.29, 1.82) is 0 Å². The molecule has 1 aromatic carbocycles. The van der Waals surface area contributed by atoms with Gasteiger partial charge in [-0.25, -0.2) is 13.1 Å². The summed E-state index contributed by atoms with van der Waals surface area (Å²) in [7, 11) is -3.90. The first kappa shape index (κ1) is 23.3. The molecule has 0 radical (unpaired) electrons. The third-order valence-corrected chi connectivity index (χ3v) is 6.38. The lowest BCUT2D eigenvalue weighted by Gasteiger charge is -2.25. The lowest BCUT2D eigenvalue weighted by molar-refractivity contribution is -0.136. The van der Waals surface area contributed by atoms with Gasteiger partial charge in [0.1, 0.15) is 5.76 Å². The molecule has 0 aliphatic carbocycles. The molecular formula is C20H24ClN3O6S. The van der Waals surface area contributed by atoms with Gasteiger partial charge in [-0.2, -0.15) is 0 Å². The van der Waals surface area contributed by atoms with E-state index in [2.05, 4.69) is 10.0 Å². The van der Waals surface area contributed by atoms with E-state index in [1.165, 1.54) is 35.4 Å². The van der Waals surface area contributed by atoms with Crippen LogP contribution in [0.3, 0.4) is 0 Å². The number of sulfonamides is 1. The Kier molecular flexibility index (Phi) is 8.08. The van der Waals surface area contributed by atoms with Crippen LogP contribution in [0.1, 0.15) is 18.6 Å². The number of hydrogen-bond donors (Lipinski definition) is 2. The summed E-state index contributed by atoms with van der Waals surface area (Å²) in [5.74, 6) is -0.328. The molecule has 1 fully saturated rings. The Morgan fingerprint density at radius 1 is 1.19 bits per heavy atom. The van der Waals surface area contributed by atoms with Crippen molar-refractivity contribution in [1.82, 2.24) is 14.9 Å². The molecular weight excluding hydrogens is 446 g/mol. The van der Waals surface area contributed by atoms with Crippen molar-refractivity contribution in [2.24, 2.45) is 0 Å². The highest BCUT2D eigenvalue weighted by atomic mass is 35.5. The minimum absolute atomic E-state index is 0.00781. The third-order valence-electron chi connectivity index (χ3n) is 4.71. The predicted octanol–water partition coefficient (Wildman–Crippen LogP) is 1.54. The van der Waals surface area contributed by atoms with Crippen molar-refractivity contribution in [2.45, 2.75) is 30.4 Å². The van der Waals surface area contributed by atoms with Crippen LogP contribution in [-0.2, 0) is 30.9 Å². The van der Waals surface area contributed by atoms with Crippen LogP contribution in [0.5, 0.6) is 0 Å². The van der Waals surface area contributed by atoms with Crippen molar-refractivity contribution in [3.63, 3.8) is 0 Å². The van der Waals surface area contributed by atoms with E-state index in [1.807, 2.05) is 0 Å². The van der Waals surface area contributed by atoms with Gasteiger partial charge in [0.15, 0.2) is 0 Å². The highest BCUT2D eigenvalue weighted by Crippen LogP contribution is 2.15. The number of benzene rings is 1. The molecule has 2 aromatic rings. The van der Waals surface area contributed by atoms with E-state index in [-0.39, 0.29) is 36.5 Å². The number of carbonyl (C=O) groups is 2. The third kappa shape index (κ3) is 7.06. The number of amides is 2. The van der Waals surface area contributed by atoms with Crippen LogP contribution in [0.2, 0.25) is 5.02 Å². The lowest BCUT2D eigenvalue weighted by atomic mass is 10.2. The first-order chi connectivity index (χ1) is 14.8. The fraction of sp³-hybridized carbons (Fsp3) is 0.400. The van der Waals surface area contributed by atoms with Crippen molar-refractivity contribution >= 4 is 33.4 Å². The van der Waals surface area contributed by atoms with Crippen molar-refractivity contribution in [3.8, 4) is 0 Å². The SMILES string of the molecule is O=C(CN(C[C@H]1CCCO1)C(=O)CNS(=O)(=O)c1ccc(Cl)cc1)NCc1ccco1. The van der Waals surface area contributed by atoms with Crippen LogP contribution in [0.25, 0.3) is 0 Å². The summed E-state index contributed by atoms with van der Waals surface area (Å²) in [6.45, 7) is 0.290. The standard InChI is InChI=1S/C20H24ClN3O6S/c21-15-5-7-18(8-6-15)31(27,28)23-12-20(26)24(13-17-4-2-10-30-17)14-19(25)22-11-16-3-1-9-29-16/h1,3,5-9,17,23H,2,4,10-14H2,(H,22,25)/t17-/m1/s1. The quantitative estimate of drug-likeness (QED) is 0.545. The summed E-state index contributed by atoms with van der Waals surface area (Å²) in [5.41, 5.74) is 0. The molecule has 0 spiro atoms. The summed E-state index contributed by atoms with van der Waals surface area (Å²) in [6.07, 6.45) is 2.96.